The van der Waals surface area contributed by atoms with Crippen LogP contribution >= 0.6 is 0 Å². The van der Waals surface area contributed by atoms with Crippen LogP contribution in [0.3, 0.4) is 0 Å². The van der Waals surface area contributed by atoms with Gasteiger partial charge in [0.15, 0.2) is 5.43 Å². The minimum absolute atomic E-state index is 0.118. The van der Waals surface area contributed by atoms with Crippen LogP contribution in [0.1, 0.15) is 22.6 Å². The molecule has 0 fully saturated rings. The highest BCUT2D eigenvalue weighted by atomic mass is 16.5. The van der Waals surface area contributed by atoms with Crippen molar-refractivity contribution in [3.63, 3.8) is 0 Å². The molecule has 0 radical (unpaired) electrons. The molecule has 164 valence electrons. The summed E-state index contributed by atoms with van der Waals surface area (Å²) in [6.07, 6.45) is 1.52. The van der Waals surface area contributed by atoms with E-state index >= 15 is 0 Å². The van der Waals surface area contributed by atoms with Crippen LogP contribution in [0, 0.1) is 0 Å². The molecular weight excluding hydrogens is 408 g/mol. The van der Waals surface area contributed by atoms with Crippen molar-refractivity contribution in [2.24, 2.45) is 0 Å². The van der Waals surface area contributed by atoms with Crippen LogP contribution in [0.15, 0.2) is 76.1 Å². The van der Waals surface area contributed by atoms with Gasteiger partial charge in [-0.2, -0.15) is 0 Å². The highest BCUT2D eigenvalue weighted by Gasteiger charge is 2.28. The molecule has 0 aliphatic rings. The average molecular weight is 432 g/mol. The van der Waals surface area contributed by atoms with Gasteiger partial charge in [-0.1, -0.05) is 24.3 Å². The second-order valence-electron chi connectivity index (χ2n) is 7.17. The zero-order valence-electron chi connectivity index (χ0n) is 18.4. The highest BCUT2D eigenvalue weighted by molar-refractivity contribution is 5.77. The van der Waals surface area contributed by atoms with E-state index in [-0.39, 0.29) is 5.43 Å². The van der Waals surface area contributed by atoms with Gasteiger partial charge in [0.2, 0.25) is 0 Å². The van der Waals surface area contributed by atoms with Crippen LogP contribution in [0.5, 0.6) is 23.0 Å². The zero-order valence-corrected chi connectivity index (χ0v) is 18.4. The maximum Gasteiger partial charge on any atom is 0.196 e. The minimum atomic E-state index is -0.516. The Bertz CT molecular complexity index is 1250. The Morgan fingerprint density at radius 2 is 1.25 bits per heavy atom. The first-order valence-electron chi connectivity index (χ1n) is 10.1. The van der Waals surface area contributed by atoms with E-state index in [1.54, 1.807) is 52.7 Å². The van der Waals surface area contributed by atoms with Crippen molar-refractivity contribution in [3.8, 4) is 23.0 Å². The number of hydrogen-bond acceptors (Lipinski definition) is 6. The fraction of sp³-hybridized carbons (Fsp3) is 0.192. The summed E-state index contributed by atoms with van der Waals surface area (Å²) in [5.41, 5.74) is 2.44. The van der Waals surface area contributed by atoms with Gasteiger partial charge in [0, 0.05) is 34.7 Å². The summed E-state index contributed by atoms with van der Waals surface area (Å²) >= 11 is 0. The highest BCUT2D eigenvalue weighted by Crippen LogP contribution is 2.42. The van der Waals surface area contributed by atoms with E-state index in [1.165, 1.54) is 6.26 Å². The van der Waals surface area contributed by atoms with E-state index < -0.39 is 5.92 Å². The summed E-state index contributed by atoms with van der Waals surface area (Å²) in [5.74, 6) is 1.95. The van der Waals surface area contributed by atoms with Crippen LogP contribution in [0.2, 0.25) is 0 Å². The Kier molecular flexibility index (Phi) is 6.03. The van der Waals surface area contributed by atoms with Gasteiger partial charge in [-0.15, -0.1) is 0 Å². The lowest BCUT2D eigenvalue weighted by Crippen LogP contribution is -2.17. The summed E-state index contributed by atoms with van der Waals surface area (Å²) in [5, 5.41) is 0.509. The van der Waals surface area contributed by atoms with Crippen LogP contribution < -0.4 is 24.4 Å². The topological polar surface area (TPSA) is 67.1 Å². The van der Waals surface area contributed by atoms with Crippen LogP contribution in [0.25, 0.3) is 11.0 Å². The van der Waals surface area contributed by atoms with Gasteiger partial charge in [0.25, 0.3) is 0 Å². The van der Waals surface area contributed by atoms with E-state index in [4.69, 9.17) is 23.4 Å². The average Bonchev–Trinajstić information content (AvgIpc) is 2.85. The Hall–Kier alpha value is -3.93. The number of rotatable bonds is 7. The molecule has 4 rings (SSSR count). The van der Waals surface area contributed by atoms with Gasteiger partial charge < -0.3 is 23.4 Å². The molecule has 0 N–H and O–H groups in total. The van der Waals surface area contributed by atoms with Crippen molar-refractivity contribution in [1.82, 2.24) is 0 Å². The molecule has 0 aliphatic carbocycles. The number of ether oxygens (including phenoxy) is 4. The van der Waals surface area contributed by atoms with E-state index in [0.29, 0.717) is 39.5 Å². The Labute approximate surface area is 185 Å². The third-order valence-corrected chi connectivity index (χ3v) is 5.52. The van der Waals surface area contributed by atoms with Crippen molar-refractivity contribution < 1.29 is 23.4 Å². The number of fused-ring (bicyclic) bond motifs is 1. The van der Waals surface area contributed by atoms with Gasteiger partial charge in [-0.3, -0.25) is 4.79 Å². The SMILES string of the molecule is COc1ccc(C(c2ccc(OC)cc2OC)c2coc3ccccc3c2=O)c(OC)c1. The van der Waals surface area contributed by atoms with Crippen LogP contribution in [-0.2, 0) is 0 Å². The van der Waals surface area contributed by atoms with Gasteiger partial charge in [-0.05, 0) is 24.3 Å². The van der Waals surface area contributed by atoms with Crippen LogP contribution in [-0.4, -0.2) is 28.4 Å². The molecule has 0 bridgehead atoms. The largest absolute Gasteiger partial charge is 0.497 e. The predicted molar refractivity (Wildman–Crippen MR) is 123 cm³/mol. The fourth-order valence-electron chi connectivity index (χ4n) is 3.91. The van der Waals surface area contributed by atoms with Crippen LogP contribution in [0.4, 0.5) is 0 Å². The number of para-hydroxylation sites is 1. The molecular formula is C26H24O6. The normalized spacial score (nSPS) is 10.9. The summed E-state index contributed by atoms with van der Waals surface area (Å²) in [7, 11) is 6.36. The third-order valence-electron chi connectivity index (χ3n) is 5.52. The fourth-order valence-corrected chi connectivity index (χ4v) is 3.91. The zero-order chi connectivity index (χ0) is 22.7. The third kappa shape index (κ3) is 3.75. The van der Waals surface area contributed by atoms with E-state index in [2.05, 4.69) is 0 Å². The van der Waals surface area contributed by atoms with Gasteiger partial charge >= 0.3 is 0 Å². The molecule has 4 aromatic rings. The van der Waals surface area contributed by atoms with Gasteiger partial charge in [-0.25, -0.2) is 0 Å². The Balaban J connectivity index is 2.03. The van der Waals surface area contributed by atoms with Gasteiger partial charge in [0.1, 0.15) is 28.6 Å². The number of hydrogen-bond donors (Lipinski definition) is 0. The minimum Gasteiger partial charge on any atom is -0.497 e. The van der Waals surface area contributed by atoms with E-state index in [9.17, 15) is 4.79 Å². The molecule has 0 saturated carbocycles. The molecule has 0 unspecified atom stereocenters. The monoisotopic (exact) mass is 432 g/mol. The number of benzene rings is 3. The standard InChI is InChI=1S/C26H24O6/c1-28-16-9-11-18(23(13-16)30-3)25(19-12-10-17(29-2)14-24(19)31-4)21-15-32-22-8-6-5-7-20(22)26(21)27/h5-15,25H,1-4H3. The molecule has 0 spiro atoms. The maximum absolute atomic E-state index is 13.6. The second kappa shape index (κ2) is 9.06. The smallest absolute Gasteiger partial charge is 0.196 e. The molecule has 0 aliphatic heterocycles. The first-order valence-corrected chi connectivity index (χ1v) is 10.1. The molecule has 0 saturated heterocycles. The first kappa shape index (κ1) is 21.3. The molecule has 6 heteroatoms. The Morgan fingerprint density at radius 3 is 1.78 bits per heavy atom. The predicted octanol–water partition coefficient (Wildman–Crippen LogP) is 5.01. The lowest BCUT2D eigenvalue weighted by molar-refractivity contribution is 0.386. The summed E-state index contributed by atoms with van der Waals surface area (Å²) in [6.45, 7) is 0. The molecule has 32 heavy (non-hydrogen) atoms. The maximum atomic E-state index is 13.6. The first-order chi connectivity index (χ1) is 15.6. The van der Waals surface area contributed by atoms with Crippen molar-refractivity contribution >= 4 is 11.0 Å². The van der Waals surface area contributed by atoms with Crippen molar-refractivity contribution in [3.05, 3.63) is 93.8 Å². The molecule has 1 heterocycles. The quantitative estimate of drug-likeness (QED) is 0.409. The molecule has 0 amide bonds. The lowest BCUT2D eigenvalue weighted by atomic mass is 9.84. The summed E-state index contributed by atoms with van der Waals surface area (Å²) in [4.78, 5) is 13.6. The molecule has 3 aromatic carbocycles. The number of methoxy groups -OCH3 is 4. The molecule has 0 atom stereocenters. The van der Waals surface area contributed by atoms with Crippen molar-refractivity contribution in [2.75, 3.05) is 28.4 Å². The summed E-state index contributed by atoms with van der Waals surface area (Å²) < 4.78 is 27.9. The van der Waals surface area contributed by atoms with E-state index in [1.807, 2.05) is 36.4 Å². The lowest BCUT2D eigenvalue weighted by Gasteiger charge is -2.23. The molecule has 1 aromatic heterocycles. The Morgan fingerprint density at radius 1 is 0.688 bits per heavy atom. The van der Waals surface area contributed by atoms with Crippen molar-refractivity contribution in [1.29, 1.82) is 0 Å². The van der Waals surface area contributed by atoms with Crippen molar-refractivity contribution in [2.45, 2.75) is 5.92 Å². The van der Waals surface area contributed by atoms with E-state index in [0.717, 1.165) is 11.1 Å². The second-order valence-corrected chi connectivity index (χ2v) is 7.17. The van der Waals surface area contributed by atoms with Gasteiger partial charge in [0.05, 0.1) is 40.1 Å². The summed E-state index contributed by atoms with van der Waals surface area (Å²) in [6, 6.07) is 18.2. The molecule has 6 nitrogen and oxygen atoms in total.